The summed E-state index contributed by atoms with van der Waals surface area (Å²) in [5.41, 5.74) is 13.1. The van der Waals surface area contributed by atoms with Gasteiger partial charge >= 0.3 is 5.69 Å². The van der Waals surface area contributed by atoms with E-state index in [0.29, 0.717) is 0 Å². The number of hydrogen-bond acceptors (Lipinski definition) is 4. The second kappa shape index (κ2) is 6.31. The molecule has 1 aromatic carbocycles. The van der Waals surface area contributed by atoms with E-state index in [9.17, 15) is 4.79 Å². The molecule has 3 heterocycles. The molecule has 0 spiro atoms. The summed E-state index contributed by atoms with van der Waals surface area (Å²) in [5, 5.41) is 4.28. The first-order chi connectivity index (χ1) is 13.5. The highest BCUT2D eigenvalue weighted by molar-refractivity contribution is 5.84. The Hall–Kier alpha value is -2.93. The Bertz CT molecular complexity index is 1240. The fourth-order valence-corrected chi connectivity index (χ4v) is 4.55. The zero-order valence-electron chi connectivity index (χ0n) is 16.1. The van der Waals surface area contributed by atoms with Crippen molar-refractivity contribution in [2.45, 2.75) is 51.6 Å². The van der Waals surface area contributed by atoms with E-state index in [1.165, 1.54) is 0 Å². The lowest BCUT2D eigenvalue weighted by Crippen LogP contribution is -2.31. The molecule has 0 radical (unpaired) electrons. The molecule has 4 aromatic rings. The van der Waals surface area contributed by atoms with Crippen molar-refractivity contribution in [1.82, 2.24) is 24.1 Å². The molecule has 3 N–H and O–H groups in total. The fourth-order valence-electron chi connectivity index (χ4n) is 4.55. The summed E-state index contributed by atoms with van der Waals surface area (Å²) in [7, 11) is 0. The van der Waals surface area contributed by atoms with Crippen molar-refractivity contribution in [3.63, 3.8) is 0 Å². The molecule has 1 saturated carbocycles. The van der Waals surface area contributed by atoms with E-state index in [4.69, 9.17) is 5.73 Å². The molecule has 144 valence electrons. The Balaban J connectivity index is 1.64. The van der Waals surface area contributed by atoms with Gasteiger partial charge in [-0.3, -0.25) is 4.57 Å². The van der Waals surface area contributed by atoms with Crippen LogP contribution in [0.2, 0.25) is 0 Å². The van der Waals surface area contributed by atoms with Gasteiger partial charge in [-0.05, 0) is 74.4 Å². The number of H-pyrrole nitrogens is 1. The number of nitrogens with one attached hydrogen (secondary N) is 1. The molecular formula is C21H24N6O. The van der Waals surface area contributed by atoms with Crippen LogP contribution in [0.1, 0.15) is 42.9 Å². The van der Waals surface area contributed by atoms with E-state index in [0.717, 1.165) is 64.6 Å². The van der Waals surface area contributed by atoms with Crippen LogP contribution < -0.4 is 11.4 Å². The average molecular weight is 376 g/mol. The van der Waals surface area contributed by atoms with Crippen molar-refractivity contribution in [3.8, 4) is 11.1 Å². The van der Waals surface area contributed by atoms with E-state index < -0.39 is 0 Å². The molecule has 3 aromatic heterocycles. The molecule has 0 amide bonds. The zero-order valence-corrected chi connectivity index (χ0v) is 16.1. The molecule has 0 atom stereocenters. The van der Waals surface area contributed by atoms with Gasteiger partial charge in [-0.15, -0.1) is 0 Å². The van der Waals surface area contributed by atoms with Crippen LogP contribution >= 0.6 is 0 Å². The number of fused-ring (bicyclic) bond motifs is 2. The Morgan fingerprint density at radius 1 is 1.11 bits per heavy atom. The Kier molecular flexibility index (Phi) is 3.87. The van der Waals surface area contributed by atoms with Crippen LogP contribution in [0.15, 0.2) is 35.5 Å². The quantitative estimate of drug-likeness (QED) is 0.562. The van der Waals surface area contributed by atoms with Crippen molar-refractivity contribution >= 4 is 16.7 Å². The standard InChI is InChI=1S/C21H24N6O/c1-12-8-19-18(25-21(28)27(19)16-5-3-15(22)4-6-16)9-17(12)14-7-13(2)20-23-11-24-26(20)10-14/h7-11,15-16H,3-6,22H2,1-2H3,(H,25,28)/t15-,16+. The van der Waals surface area contributed by atoms with Gasteiger partial charge in [-0.2, -0.15) is 5.10 Å². The lowest BCUT2D eigenvalue weighted by atomic mass is 9.91. The van der Waals surface area contributed by atoms with Crippen LogP contribution in [-0.2, 0) is 0 Å². The number of aromatic amines is 1. The predicted octanol–water partition coefficient (Wildman–Crippen LogP) is 3.10. The second-order valence-corrected chi connectivity index (χ2v) is 7.99. The monoisotopic (exact) mass is 376 g/mol. The molecule has 1 aliphatic rings. The summed E-state index contributed by atoms with van der Waals surface area (Å²) in [4.78, 5) is 20.1. The smallest absolute Gasteiger partial charge is 0.326 e. The summed E-state index contributed by atoms with van der Waals surface area (Å²) in [5.74, 6) is 0. The van der Waals surface area contributed by atoms with Gasteiger partial charge in [0.2, 0.25) is 0 Å². The van der Waals surface area contributed by atoms with Crippen LogP contribution in [0.3, 0.4) is 0 Å². The maximum atomic E-state index is 12.7. The highest BCUT2D eigenvalue weighted by atomic mass is 16.1. The lowest BCUT2D eigenvalue weighted by Gasteiger charge is -2.27. The first kappa shape index (κ1) is 17.2. The zero-order chi connectivity index (χ0) is 19.4. The van der Waals surface area contributed by atoms with Gasteiger partial charge in [-0.25, -0.2) is 14.3 Å². The van der Waals surface area contributed by atoms with E-state index in [1.807, 2.05) is 17.7 Å². The van der Waals surface area contributed by atoms with E-state index in [-0.39, 0.29) is 17.8 Å². The van der Waals surface area contributed by atoms with Crippen LogP contribution in [0.5, 0.6) is 0 Å². The number of nitrogens with zero attached hydrogens (tertiary/aromatic N) is 4. The summed E-state index contributed by atoms with van der Waals surface area (Å²) >= 11 is 0. The fraction of sp³-hybridized carbons (Fsp3) is 0.381. The summed E-state index contributed by atoms with van der Waals surface area (Å²) in [6, 6.07) is 6.81. The molecule has 0 bridgehead atoms. The van der Waals surface area contributed by atoms with Crippen LogP contribution in [0.25, 0.3) is 27.8 Å². The lowest BCUT2D eigenvalue weighted by molar-refractivity contribution is 0.324. The Morgan fingerprint density at radius 2 is 1.89 bits per heavy atom. The number of imidazole rings is 1. The molecular weight excluding hydrogens is 352 g/mol. The maximum absolute atomic E-state index is 12.7. The number of benzene rings is 1. The second-order valence-electron chi connectivity index (χ2n) is 7.99. The summed E-state index contributed by atoms with van der Waals surface area (Å²) in [6.45, 7) is 4.13. The largest absolute Gasteiger partial charge is 0.328 e. The predicted molar refractivity (Wildman–Crippen MR) is 109 cm³/mol. The number of pyridine rings is 1. The van der Waals surface area contributed by atoms with Gasteiger partial charge in [0.05, 0.1) is 11.0 Å². The van der Waals surface area contributed by atoms with Gasteiger partial charge in [0.25, 0.3) is 0 Å². The van der Waals surface area contributed by atoms with Gasteiger partial charge in [0, 0.05) is 23.8 Å². The highest BCUT2D eigenvalue weighted by Crippen LogP contribution is 2.32. The molecule has 7 heteroatoms. The number of aryl methyl sites for hydroxylation is 2. The average Bonchev–Trinajstić information content (AvgIpc) is 3.26. The highest BCUT2D eigenvalue weighted by Gasteiger charge is 2.23. The molecule has 5 rings (SSSR count). The molecule has 7 nitrogen and oxygen atoms in total. The van der Waals surface area contributed by atoms with Crippen LogP contribution in [-0.4, -0.2) is 30.2 Å². The molecule has 0 unspecified atom stereocenters. The van der Waals surface area contributed by atoms with Crippen molar-refractivity contribution in [2.24, 2.45) is 5.73 Å². The van der Waals surface area contributed by atoms with Gasteiger partial charge < -0.3 is 10.7 Å². The maximum Gasteiger partial charge on any atom is 0.326 e. The first-order valence-corrected chi connectivity index (χ1v) is 9.82. The van der Waals surface area contributed by atoms with E-state index in [1.54, 1.807) is 10.8 Å². The van der Waals surface area contributed by atoms with E-state index in [2.05, 4.69) is 40.2 Å². The van der Waals surface area contributed by atoms with Gasteiger partial charge in [0.15, 0.2) is 5.65 Å². The number of nitrogens with two attached hydrogens (primary N) is 1. The third-order valence-electron chi connectivity index (χ3n) is 6.04. The molecule has 0 saturated heterocycles. The normalized spacial score (nSPS) is 20.2. The summed E-state index contributed by atoms with van der Waals surface area (Å²) < 4.78 is 3.73. The van der Waals surface area contributed by atoms with Crippen LogP contribution in [0, 0.1) is 13.8 Å². The number of aromatic nitrogens is 5. The van der Waals surface area contributed by atoms with Crippen LogP contribution in [0.4, 0.5) is 0 Å². The molecule has 1 fully saturated rings. The molecule has 0 aliphatic heterocycles. The van der Waals surface area contributed by atoms with Crippen molar-refractivity contribution in [3.05, 3.63) is 52.3 Å². The minimum Gasteiger partial charge on any atom is -0.328 e. The van der Waals surface area contributed by atoms with Gasteiger partial charge in [0.1, 0.15) is 6.33 Å². The first-order valence-electron chi connectivity index (χ1n) is 9.82. The number of rotatable bonds is 2. The van der Waals surface area contributed by atoms with E-state index >= 15 is 0 Å². The molecule has 1 aliphatic carbocycles. The SMILES string of the molecule is Cc1cc2c(cc1-c1cc(C)c3ncnn3c1)[nH]c(=O)n2[C@H]1CC[C@@H](N)CC1. The van der Waals surface area contributed by atoms with Crippen molar-refractivity contribution in [1.29, 1.82) is 0 Å². The van der Waals surface area contributed by atoms with Crippen molar-refractivity contribution in [2.75, 3.05) is 0 Å². The number of hydrogen-bond donors (Lipinski definition) is 2. The minimum absolute atomic E-state index is 0.0325. The van der Waals surface area contributed by atoms with Gasteiger partial charge in [-0.1, -0.05) is 0 Å². The Labute approximate surface area is 162 Å². The Morgan fingerprint density at radius 3 is 2.68 bits per heavy atom. The topological polar surface area (TPSA) is 94.0 Å². The van der Waals surface area contributed by atoms with Crippen molar-refractivity contribution < 1.29 is 0 Å². The molecule has 28 heavy (non-hydrogen) atoms. The summed E-state index contributed by atoms with van der Waals surface area (Å²) in [6.07, 6.45) is 7.40. The third-order valence-corrected chi connectivity index (χ3v) is 6.04. The third kappa shape index (κ3) is 2.65. The minimum atomic E-state index is -0.0325.